The van der Waals surface area contributed by atoms with Gasteiger partial charge < -0.3 is 24.3 Å². The standard InChI is InChI=1S/C15H19NO5/c1-18-11(13-14-12(21-14)9-19-13)7-16-15(17)20-8-10-5-3-2-4-6-10/h2-6,11-14H,7-9H2,1H3,(H,16,17)/t11?,12-,13+,14-/m0/s1. The normalized spacial score (nSPS) is 27.8. The predicted molar refractivity (Wildman–Crippen MR) is 73.8 cm³/mol. The number of carbonyl (C=O) groups is 1. The van der Waals surface area contributed by atoms with Gasteiger partial charge in [0.25, 0.3) is 0 Å². The van der Waals surface area contributed by atoms with Crippen molar-refractivity contribution in [2.75, 3.05) is 20.3 Å². The van der Waals surface area contributed by atoms with Crippen molar-refractivity contribution in [3.05, 3.63) is 35.9 Å². The number of amides is 1. The molecule has 2 aliphatic rings. The van der Waals surface area contributed by atoms with Crippen molar-refractivity contribution in [3.63, 3.8) is 0 Å². The molecule has 3 rings (SSSR count). The maximum absolute atomic E-state index is 11.7. The van der Waals surface area contributed by atoms with Crippen LogP contribution >= 0.6 is 0 Å². The lowest BCUT2D eigenvalue weighted by atomic mass is 10.1. The average Bonchev–Trinajstić information content (AvgIpc) is 3.19. The molecule has 1 aromatic rings. The molecule has 0 bridgehead atoms. The highest BCUT2D eigenvalue weighted by atomic mass is 16.7. The first kappa shape index (κ1) is 14.3. The van der Waals surface area contributed by atoms with Crippen LogP contribution in [0.5, 0.6) is 0 Å². The van der Waals surface area contributed by atoms with E-state index in [0.717, 1.165) is 5.56 Å². The lowest BCUT2D eigenvalue weighted by molar-refractivity contribution is -0.0630. The van der Waals surface area contributed by atoms with Gasteiger partial charge in [-0.05, 0) is 5.56 Å². The van der Waals surface area contributed by atoms with Crippen LogP contribution in [0.4, 0.5) is 4.79 Å². The Labute approximate surface area is 123 Å². The molecule has 21 heavy (non-hydrogen) atoms. The Bertz CT molecular complexity index is 480. The minimum atomic E-state index is -0.466. The molecule has 1 unspecified atom stereocenters. The van der Waals surface area contributed by atoms with E-state index in [0.29, 0.717) is 13.2 Å². The van der Waals surface area contributed by atoms with Crippen molar-refractivity contribution < 1.29 is 23.7 Å². The maximum atomic E-state index is 11.7. The number of ether oxygens (including phenoxy) is 4. The van der Waals surface area contributed by atoms with Crippen LogP contribution in [0.25, 0.3) is 0 Å². The second-order valence-electron chi connectivity index (χ2n) is 5.15. The second-order valence-corrected chi connectivity index (χ2v) is 5.15. The number of nitrogens with one attached hydrogen (secondary N) is 1. The van der Waals surface area contributed by atoms with Crippen LogP contribution in [0, 0.1) is 0 Å². The monoisotopic (exact) mass is 293 g/mol. The molecule has 4 atom stereocenters. The molecule has 0 saturated carbocycles. The predicted octanol–water partition coefficient (Wildman–Crippen LogP) is 1.09. The Hall–Kier alpha value is -1.63. The van der Waals surface area contributed by atoms with Crippen LogP contribution in [0.2, 0.25) is 0 Å². The smallest absolute Gasteiger partial charge is 0.407 e. The van der Waals surface area contributed by atoms with Gasteiger partial charge in [0.1, 0.15) is 31.0 Å². The van der Waals surface area contributed by atoms with Gasteiger partial charge in [-0.25, -0.2) is 4.79 Å². The van der Waals surface area contributed by atoms with E-state index in [1.54, 1.807) is 7.11 Å². The van der Waals surface area contributed by atoms with Crippen molar-refractivity contribution in [1.29, 1.82) is 0 Å². The summed E-state index contributed by atoms with van der Waals surface area (Å²) in [6.45, 7) is 1.19. The first-order valence-electron chi connectivity index (χ1n) is 7.02. The average molecular weight is 293 g/mol. The zero-order valence-electron chi connectivity index (χ0n) is 11.9. The third-order valence-corrected chi connectivity index (χ3v) is 3.73. The molecule has 0 spiro atoms. The molecular formula is C15H19NO5. The number of benzene rings is 1. The van der Waals surface area contributed by atoms with Crippen molar-refractivity contribution in [3.8, 4) is 0 Å². The minimum Gasteiger partial charge on any atom is -0.445 e. The van der Waals surface area contributed by atoms with Gasteiger partial charge in [-0.1, -0.05) is 30.3 Å². The molecule has 2 saturated heterocycles. The van der Waals surface area contributed by atoms with Gasteiger partial charge in [0.2, 0.25) is 0 Å². The van der Waals surface area contributed by atoms with Gasteiger partial charge in [-0.15, -0.1) is 0 Å². The fraction of sp³-hybridized carbons (Fsp3) is 0.533. The summed E-state index contributed by atoms with van der Waals surface area (Å²) in [5.41, 5.74) is 0.948. The van der Waals surface area contributed by atoms with E-state index in [1.165, 1.54) is 0 Å². The first-order valence-corrected chi connectivity index (χ1v) is 7.02. The lowest BCUT2D eigenvalue weighted by Crippen LogP contribution is -2.42. The van der Waals surface area contributed by atoms with Crippen LogP contribution in [0.15, 0.2) is 30.3 Å². The lowest BCUT2D eigenvalue weighted by Gasteiger charge is -2.22. The number of fused-ring (bicyclic) bond motifs is 1. The molecule has 2 fully saturated rings. The summed E-state index contributed by atoms with van der Waals surface area (Å²) in [6, 6.07) is 9.54. The number of carbonyl (C=O) groups excluding carboxylic acids is 1. The molecule has 6 heteroatoms. The van der Waals surface area contributed by atoms with E-state index in [-0.39, 0.29) is 31.0 Å². The molecule has 0 radical (unpaired) electrons. The van der Waals surface area contributed by atoms with Crippen LogP contribution in [0.3, 0.4) is 0 Å². The van der Waals surface area contributed by atoms with Crippen LogP contribution < -0.4 is 5.32 Å². The van der Waals surface area contributed by atoms with Crippen molar-refractivity contribution >= 4 is 6.09 Å². The third-order valence-electron chi connectivity index (χ3n) is 3.73. The van der Waals surface area contributed by atoms with Gasteiger partial charge >= 0.3 is 6.09 Å². The molecule has 1 N–H and O–H groups in total. The number of hydrogen-bond acceptors (Lipinski definition) is 5. The van der Waals surface area contributed by atoms with Gasteiger partial charge in [0.15, 0.2) is 0 Å². The molecule has 0 aromatic heterocycles. The number of hydrogen-bond donors (Lipinski definition) is 1. The number of alkyl carbamates (subject to hydrolysis) is 1. The third kappa shape index (κ3) is 3.53. The Morgan fingerprint density at radius 1 is 1.43 bits per heavy atom. The first-order chi connectivity index (χ1) is 10.3. The van der Waals surface area contributed by atoms with E-state index in [9.17, 15) is 4.79 Å². The Morgan fingerprint density at radius 3 is 2.86 bits per heavy atom. The van der Waals surface area contributed by atoms with Crippen LogP contribution in [-0.2, 0) is 25.6 Å². The van der Waals surface area contributed by atoms with Gasteiger partial charge in [0, 0.05) is 13.7 Å². The van der Waals surface area contributed by atoms with E-state index in [2.05, 4.69) is 5.32 Å². The summed E-state index contributed by atoms with van der Waals surface area (Å²) >= 11 is 0. The molecule has 2 heterocycles. The number of epoxide rings is 1. The largest absolute Gasteiger partial charge is 0.445 e. The van der Waals surface area contributed by atoms with Crippen molar-refractivity contribution in [2.24, 2.45) is 0 Å². The molecule has 1 aromatic carbocycles. The Morgan fingerprint density at radius 2 is 2.24 bits per heavy atom. The van der Waals surface area contributed by atoms with Gasteiger partial charge in [-0.3, -0.25) is 0 Å². The quantitative estimate of drug-likeness (QED) is 0.795. The summed E-state index contributed by atoms with van der Waals surface area (Å²) in [5, 5.41) is 2.70. The SMILES string of the molecule is COC(CNC(=O)OCc1ccccc1)[C@H]1OC[C@@H]2O[C@@H]21. The van der Waals surface area contributed by atoms with E-state index in [1.807, 2.05) is 30.3 Å². The molecule has 0 aliphatic carbocycles. The zero-order chi connectivity index (χ0) is 14.7. The Kier molecular flexibility index (Phi) is 4.38. The Balaban J connectivity index is 1.40. The van der Waals surface area contributed by atoms with Gasteiger partial charge in [0.05, 0.1) is 6.61 Å². The fourth-order valence-electron chi connectivity index (χ4n) is 2.49. The highest BCUT2D eigenvalue weighted by molar-refractivity contribution is 5.67. The molecule has 6 nitrogen and oxygen atoms in total. The number of rotatable bonds is 6. The number of methoxy groups -OCH3 is 1. The highest BCUT2D eigenvalue weighted by Gasteiger charge is 2.54. The summed E-state index contributed by atoms with van der Waals surface area (Å²) in [4.78, 5) is 11.7. The van der Waals surface area contributed by atoms with Crippen molar-refractivity contribution in [2.45, 2.75) is 31.0 Å². The molecule has 2 aliphatic heterocycles. The highest BCUT2D eigenvalue weighted by Crippen LogP contribution is 2.36. The van der Waals surface area contributed by atoms with Crippen LogP contribution in [-0.4, -0.2) is 50.8 Å². The topological polar surface area (TPSA) is 69.3 Å². The second kappa shape index (κ2) is 6.43. The zero-order valence-corrected chi connectivity index (χ0v) is 11.9. The summed E-state index contributed by atoms with van der Waals surface area (Å²) in [7, 11) is 1.60. The van der Waals surface area contributed by atoms with E-state index < -0.39 is 6.09 Å². The summed E-state index contributed by atoms with van der Waals surface area (Å²) in [5.74, 6) is 0. The minimum absolute atomic E-state index is 0.108. The summed E-state index contributed by atoms with van der Waals surface area (Å²) < 4.78 is 21.5. The molecule has 1 amide bonds. The summed E-state index contributed by atoms with van der Waals surface area (Å²) in [6.07, 6.45) is -0.497. The van der Waals surface area contributed by atoms with Crippen LogP contribution in [0.1, 0.15) is 5.56 Å². The van der Waals surface area contributed by atoms with E-state index >= 15 is 0 Å². The van der Waals surface area contributed by atoms with Crippen molar-refractivity contribution in [1.82, 2.24) is 5.32 Å². The molecular weight excluding hydrogens is 274 g/mol. The molecule has 114 valence electrons. The maximum Gasteiger partial charge on any atom is 0.407 e. The fourth-order valence-corrected chi connectivity index (χ4v) is 2.49. The van der Waals surface area contributed by atoms with E-state index in [4.69, 9.17) is 18.9 Å². The van der Waals surface area contributed by atoms with Gasteiger partial charge in [-0.2, -0.15) is 0 Å².